The first kappa shape index (κ1) is 16.8. The van der Waals surface area contributed by atoms with Crippen molar-refractivity contribution in [3.8, 4) is 0 Å². The molecule has 0 saturated carbocycles. The summed E-state index contributed by atoms with van der Waals surface area (Å²) in [6.07, 6.45) is 6.21. The number of rotatable bonds is 3. The Hall–Kier alpha value is -2.63. The summed E-state index contributed by atoms with van der Waals surface area (Å²) < 4.78 is 7.38. The average Bonchev–Trinajstić information content (AvgIpc) is 3.01. The zero-order chi connectivity index (χ0) is 18.3. The Balaban J connectivity index is 1.70. The number of aromatic nitrogens is 2. The Morgan fingerprint density at radius 1 is 1.27 bits per heavy atom. The maximum absolute atomic E-state index is 13.2. The largest absolute Gasteiger partial charge is 0.461 e. The van der Waals surface area contributed by atoms with E-state index in [2.05, 4.69) is 15.6 Å². The number of amides is 1. The van der Waals surface area contributed by atoms with Crippen molar-refractivity contribution in [1.82, 2.24) is 9.55 Å². The van der Waals surface area contributed by atoms with Gasteiger partial charge in [-0.2, -0.15) is 0 Å². The molecule has 2 aromatic rings. The molecule has 1 aliphatic carbocycles. The van der Waals surface area contributed by atoms with E-state index in [0.717, 1.165) is 36.2 Å². The number of hydrogen-bond acceptors (Lipinski definition) is 4. The Labute approximate surface area is 152 Å². The van der Waals surface area contributed by atoms with Crippen LogP contribution >= 0.6 is 0 Å². The van der Waals surface area contributed by atoms with Crippen molar-refractivity contribution in [3.05, 3.63) is 46.4 Å². The van der Waals surface area contributed by atoms with E-state index in [0.29, 0.717) is 12.4 Å². The third kappa shape index (κ3) is 2.79. The van der Waals surface area contributed by atoms with Crippen LogP contribution in [0.2, 0.25) is 0 Å². The van der Waals surface area contributed by atoms with E-state index in [1.54, 1.807) is 11.1 Å². The van der Waals surface area contributed by atoms with Gasteiger partial charge in [0.25, 0.3) is 5.91 Å². The molecule has 0 bridgehead atoms. The van der Waals surface area contributed by atoms with Crippen LogP contribution in [0.1, 0.15) is 52.6 Å². The van der Waals surface area contributed by atoms with Gasteiger partial charge in [-0.15, -0.1) is 0 Å². The molecule has 4 rings (SSSR count). The summed E-state index contributed by atoms with van der Waals surface area (Å²) in [6.45, 7) is 4.82. The fourth-order valence-electron chi connectivity index (χ4n) is 4.00. The van der Waals surface area contributed by atoms with Crippen LogP contribution < -0.4 is 4.90 Å². The summed E-state index contributed by atoms with van der Waals surface area (Å²) >= 11 is 0. The van der Waals surface area contributed by atoms with Gasteiger partial charge in [0.15, 0.2) is 0 Å². The molecule has 0 atom stereocenters. The van der Waals surface area contributed by atoms with Gasteiger partial charge in [0.05, 0.1) is 0 Å². The SMILES string of the molecule is CC(=O)OCc1c(C)ccnc1N1CCn2c(cc3c2CCCC3)C1=O. The number of fused-ring (bicyclic) bond motifs is 3. The Morgan fingerprint density at radius 2 is 2.08 bits per heavy atom. The van der Waals surface area contributed by atoms with Crippen LogP contribution in [0.25, 0.3) is 0 Å². The molecular weight excluding hydrogens is 330 g/mol. The van der Waals surface area contributed by atoms with Crippen molar-refractivity contribution in [1.29, 1.82) is 0 Å². The molecule has 0 unspecified atom stereocenters. The van der Waals surface area contributed by atoms with E-state index in [1.807, 2.05) is 13.0 Å². The molecule has 0 fully saturated rings. The molecular formula is C20H23N3O3. The second-order valence-corrected chi connectivity index (χ2v) is 7.03. The first-order valence-electron chi connectivity index (χ1n) is 9.17. The number of nitrogens with zero attached hydrogens (tertiary/aromatic N) is 3. The quantitative estimate of drug-likeness (QED) is 0.796. The molecule has 26 heavy (non-hydrogen) atoms. The van der Waals surface area contributed by atoms with Gasteiger partial charge in [-0.25, -0.2) is 4.98 Å². The third-order valence-electron chi connectivity index (χ3n) is 5.36. The highest BCUT2D eigenvalue weighted by molar-refractivity contribution is 6.06. The number of anilines is 1. The number of hydrogen-bond donors (Lipinski definition) is 0. The molecule has 136 valence electrons. The number of carbonyl (C=O) groups is 2. The number of esters is 1. The maximum atomic E-state index is 13.2. The minimum absolute atomic E-state index is 0.0205. The van der Waals surface area contributed by atoms with Crippen molar-refractivity contribution < 1.29 is 14.3 Å². The van der Waals surface area contributed by atoms with Gasteiger partial charge in [0.2, 0.25) is 0 Å². The summed E-state index contributed by atoms with van der Waals surface area (Å²) in [5.74, 6) is 0.236. The van der Waals surface area contributed by atoms with E-state index in [4.69, 9.17) is 4.74 Å². The first-order valence-corrected chi connectivity index (χ1v) is 9.17. The van der Waals surface area contributed by atoms with Crippen LogP contribution in [0, 0.1) is 6.92 Å². The molecule has 3 heterocycles. The number of carbonyl (C=O) groups excluding carboxylic acids is 2. The highest BCUT2D eigenvalue weighted by Crippen LogP contribution is 2.31. The van der Waals surface area contributed by atoms with Gasteiger partial charge < -0.3 is 9.30 Å². The predicted molar refractivity (Wildman–Crippen MR) is 97.2 cm³/mol. The lowest BCUT2D eigenvalue weighted by atomic mass is 9.98. The molecule has 2 aromatic heterocycles. The third-order valence-corrected chi connectivity index (χ3v) is 5.36. The van der Waals surface area contributed by atoms with Crippen molar-refractivity contribution in [2.45, 2.75) is 52.7 Å². The summed E-state index contributed by atoms with van der Waals surface area (Å²) in [4.78, 5) is 30.6. The fourth-order valence-corrected chi connectivity index (χ4v) is 4.00. The van der Waals surface area contributed by atoms with Crippen molar-refractivity contribution in [3.63, 3.8) is 0 Å². The summed E-state index contributed by atoms with van der Waals surface area (Å²) in [6, 6.07) is 3.93. The number of pyridine rings is 1. The highest BCUT2D eigenvalue weighted by Gasteiger charge is 2.32. The van der Waals surface area contributed by atoms with Gasteiger partial charge in [0.1, 0.15) is 18.1 Å². The van der Waals surface area contributed by atoms with E-state index >= 15 is 0 Å². The fraction of sp³-hybridized carbons (Fsp3) is 0.450. The highest BCUT2D eigenvalue weighted by atomic mass is 16.5. The molecule has 0 radical (unpaired) electrons. The smallest absolute Gasteiger partial charge is 0.302 e. The van der Waals surface area contributed by atoms with Crippen molar-refractivity contribution >= 4 is 17.7 Å². The molecule has 1 aliphatic heterocycles. The van der Waals surface area contributed by atoms with E-state index < -0.39 is 0 Å². The standard InChI is InChI=1S/C20H23N3O3/c1-13-7-8-21-19(16(13)12-26-14(2)24)23-10-9-22-17-6-4-3-5-15(17)11-18(22)20(23)25/h7-8,11H,3-6,9-10,12H2,1-2H3. The summed E-state index contributed by atoms with van der Waals surface area (Å²) in [5, 5.41) is 0. The monoisotopic (exact) mass is 353 g/mol. The lowest BCUT2D eigenvalue weighted by molar-refractivity contribution is -0.142. The van der Waals surface area contributed by atoms with Gasteiger partial charge in [-0.05, 0) is 55.9 Å². The normalized spacial score (nSPS) is 16.2. The molecule has 0 spiro atoms. The minimum atomic E-state index is -0.342. The molecule has 0 saturated heterocycles. The first-order chi connectivity index (χ1) is 12.6. The molecule has 6 heteroatoms. The number of aryl methyl sites for hydroxylation is 2. The molecule has 0 aromatic carbocycles. The van der Waals surface area contributed by atoms with Crippen molar-refractivity contribution in [2.75, 3.05) is 11.4 Å². The van der Waals surface area contributed by atoms with Gasteiger partial charge in [-0.1, -0.05) is 0 Å². The second-order valence-electron chi connectivity index (χ2n) is 7.03. The van der Waals surface area contributed by atoms with Gasteiger partial charge in [-0.3, -0.25) is 14.5 Å². The second kappa shape index (κ2) is 6.59. The predicted octanol–water partition coefficient (Wildman–Crippen LogP) is 2.79. The van der Waals surface area contributed by atoms with Crippen LogP contribution in [-0.4, -0.2) is 28.0 Å². The summed E-state index contributed by atoms with van der Waals surface area (Å²) in [7, 11) is 0. The topological polar surface area (TPSA) is 64.4 Å². The Morgan fingerprint density at radius 3 is 2.88 bits per heavy atom. The molecule has 2 aliphatic rings. The van der Waals surface area contributed by atoms with Crippen LogP contribution in [0.3, 0.4) is 0 Å². The van der Waals surface area contributed by atoms with Crippen LogP contribution in [0.15, 0.2) is 18.3 Å². The molecule has 0 N–H and O–H groups in total. The minimum Gasteiger partial charge on any atom is -0.461 e. The Kier molecular flexibility index (Phi) is 4.26. The summed E-state index contributed by atoms with van der Waals surface area (Å²) in [5.41, 5.74) is 5.16. The van der Waals surface area contributed by atoms with Gasteiger partial charge in [0, 0.05) is 37.5 Å². The Bertz CT molecular complexity index is 885. The number of ether oxygens (including phenoxy) is 1. The van der Waals surface area contributed by atoms with Crippen LogP contribution in [-0.2, 0) is 35.5 Å². The van der Waals surface area contributed by atoms with E-state index in [-0.39, 0.29) is 18.5 Å². The maximum Gasteiger partial charge on any atom is 0.302 e. The van der Waals surface area contributed by atoms with E-state index in [9.17, 15) is 9.59 Å². The lowest BCUT2D eigenvalue weighted by Crippen LogP contribution is -2.41. The average molecular weight is 353 g/mol. The van der Waals surface area contributed by atoms with Crippen molar-refractivity contribution in [2.24, 2.45) is 0 Å². The molecule has 1 amide bonds. The zero-order valence-electron chi connectivity index (χ0n) is 15.2. The zero-order valence-corrected chi connectivity index (χ0v) is 15.2. The van der Waals surface area contributed by atoms with Crippen LogP contribution in [0.4, 0.5) is 5.82 Å². The van der Waals surface area contributed by atoms with Gasteiger partial charge >= 0.3 is 5.97 Å². The van der Waals surface area contributed by atoms with E-state index in [1.165, 1.54) is 31.0 Å². The lowest BCUT2D eigenvalue weighted by Gasteiger charge is -2.30. The van der Waals surface area contributed by atoms with Crippen LogP contribution in [0.5, 0.6) is 0 Å². The molecule has 6 nitrogen and oxygen atoms in total.